The second-order valence-electron chi connectivity index (χ2n) is 7.51. The first kappa shape index (κ1) is 19.9. The summed E-state index contributed by atoms with van der Waals surface area (Å²) in [6.07, 6.45) is 8.42. The van der Waals surface area contributed by atoms with Crippen LogP contribution in [0.4, 0.5) is 0 Å². The van der Waals surface area contributed by atoms with Gasteiger partial charge in [-0.15, -0.1) is 13.2 Å². The largest absolute Gasteiger partial charge is 0.347 e. The van der Waals surface area contributed by atoms with Crippen molar-refractivity contribution in [3.63, 3.8) is 0 Å². The third kappa shape index (κ3) is 3.59. The predicted molar refractivity (Wildman–Crippen MR) is 97.6 cm³/mol. The molecule has 0 bridgehead atoms. The van der Waals surface area contributed by atoms with E-state index in [9.17, 15) is 4.79 Å². The van der Waals surface area contributed by atoms with E-state index in [0.29, 0.717) is 26.1 Å². The average Bonchev–Trinajstić information content (AvgIpc) is 3.02. The summed E-state index contributed by atoms with van der Waals surface area (Å²) >= 11 is 0. The molecular weight excluding hydrogens is 318 g/mol. The van der Waals surface area contributed by atoms with Crippen molar-refractivity contribution in [1.82, 2.24) is 5.06 Å². The fraction of sp³-hybridized carbons (Fsp3) is 0.650. The van der Waals surface area contributed by atoms with Gasteiger partial charge < -0.3 is 9.47 Å². The van der Waals surface area contributed by atoms with Crippen molar-refractivity contribution in [1.29, 1.82) is 0 Å². The summed E-state index contributed by atoms with van der Waals surface area (Å²) in [7, 11) is 3.12. The van der Waals surface area contributed by atoms with E-state index < -0.39 is 5.79 Å². The molecule has 0 aromatic heterocycles. The number of amides is 1. The second-order valence-corrected chi connectivity index (χ2v) is 7.51. The van der Waals surface area contributed by atoms with E-state index in [-0.39, 0.29) is 16.7 Å². The first-order valence-electron chi connectivity index (χ1n) is 8.78. The van der Waals surface area contributed by atoms with Crippen molar-refractivity contribution < 1.29 is 19.1 Å². The van der Waals surface area contributed by atoms with Gasteiger partial charge in [0.25, 0.3) is 0 Å². The van der Waals surface area contributed by atoms with Gasteiger partial charge in [-0.1, -0.05) is 37.6 Å². The molecule has 1 amide bonds. The molecule has 1 fully saturated rings. The van der Waals surface area contributed by atoms with Gasteiger partial charge in [-0.3, -0.25) is 9.63 Å². The minimum absolute atomic E-state index is 0.0748. The molecule has 1 heterocycles. The lowest BCUT2D eigenvalue weighted by Crippen LogP contribution is -2.53. The highest BCUT2D eigenvalue weighted by Gasteiger charge is 2.58. The summed E-state index contributed by atoms with van der Waals surface area (Å²) in [6, 6.07) is 0. The minimum Gasteiger partial charge on any atom is -0.347 e. The zero-order valence-electron chi connectivity index (χ0n) is 16.0. The summed E-state index contributed by atoms with van der Waals surface area (Å²) in [4.78, 5) is 17.5. The Morgan fingerprint density at radius 3 is 2.40 bits per heavy atom. The smallest absolute Gasteiger partial charge is 0.249 e. The van der Waals surface area contributed by atoms with Gasteiger partial charge in [-0.05, 0) is 18.3 Å². The summed E-state index contributed by atoms with van der Waals surface area (Å²) in [6.45, 7) is 13.3. The van der Waals surface area contributed by atoms with Crippen LogP contribution in [0.15, 0.2) is 37.0 Å². The molecule has 2 rings (SSSR count). The summed E-state index contributed by atoms with van der Waals surface area (Å²) in [5.41, 5.74) is 0.458. The van der Waals surface area contributed by atoms with Crippen LogP contribution in [0.25, 0.3) is 0 Å². The molecule has 0 saturated carbocycles. The van der Waals surface area contributed by atoms with Crippen LogP contribution in [0, 0.1) is 10.8 Å². The number of carbonyl (C=O) groups is 1. The SMILES string of the molecule is C=CC[C@]1(C)CC2(OCCO2)[C@](C)(CC=C)C=C1CC(=O)N(C)OC. The molecule has 0 unspecified atom stereocenters. The van der Waals surface area contributed by atoms with Gasteiger partial charge in [-0.25, -0.2) is 5.06 Å². The predicted octanol–water partition coefficient (Wildman–Crippen LogP) is 3.63. The number of hydrogen-bond acceptors (Lipinski definition) is 4. The topological polar surface area (TPSA) is 48.0 Å². The molecule has 1 aliphatic heterocycles. The van der Waals surface area contributed by atoms with Crippen molar-refractivity contribution in [2.24, 2.45) is 10.8 Å². The molecule has 0 radical (unpaired) electrons. The fourth-order valence-corrected chi connectivity index (χ4v) is 4.06. The van der Waals surface area contributed by atoms with Gasteiger partial charge in [0.05, 0.1) is 26.7 Å². The van der Waals surface area contributed by atoms with E-state index in [1.807, 2.05) is 12.2 Å². The Morgan fingerprint density at radius 2 is 1.88 bits per heavy atom. The van der Waals surface area contributed by atoms with Crippen molar-refractivity contribution in [2.45, 2.75) is 45.3 Å². The number of carbonyl (C=O) groups excluding carboxylic acids is 1. The molecule has 2 aliphatic rings. The van der Waals surface area contributed by atoms with Crippen LogP contribution in [0.1, 0.15) is 39.5 Å². The zero-order chi connectivity index (χ0) is 18.7. The third-order valence-electron chi connectivity index (χ3n) is 5.64. The Balaban J connectivity index is 2.47. The maximum Gasteiger partial charge on any atom is 0.249 e. The van der Waals surface area contributed by atoms with Crippen LogP contribution in [-0.2, 0) is 19.1 Å². The number of hydroxylamine groups is 2. The Bertz CT molecular complexity index is 564. The molecule has 1 saturated heterocycles. The van der Waals surface area contributed by atoms with Gasteiger partial charge in [0.1, 0.15) is 0 Å². The minimum atomic E-state index is -0.682. The number of rotatable bonds is 7. The van der Waals surface area contributed by atoms with E-state index in [4.69, 9.17) is 14.3 Å². The molecule has 1 spiro atoms. The zero-order valence-corrected chi connectivity index (χ0v) is 16.0. The monoisotopic (exact) mass is 349 g/mol. The molecule has 5 nitrogen and oxygen atoms in total. The number of ether oxygens (including phenoxy) is 2. The van der Waals surface area contributed by atoms with E-state index in [1.54, 1.807) is 7.05 Å². The van der Waals surface area contributed by atoms with Crippen molar-refractivity contribution in [3.8, 4) is 0 Å². The molecule has 0 aromatic carbocycles. The van der Waals surface area contributed by atoms with Crippen LogP contribution in [0.2, 0.25) is 0 Å². The Kier molecular flexibility index (Phi) is 5.92. The Labute approximate surface area is 151 Å². The Morgan fingerprint density at radius 1 is 1.28 bits per heavy atom. The molecule has 140 valence electrons. The highest BCUT2D eigenvalue weighted by atomic mass is 16.7. The van der Waals surface area contributed by atoms with E-state index in [2.05, 4.69) is 33.1 Å². The summed E-state index contributed by atoms with van der Waals surface area (Å²) < 4.78 is 12.3. The highest BCUT2D eigenvalue weighted by molar-refractivity contribution is 5.78. The number of hydrogen-bond donors (Lipinski definition) is 0. The first-order valence-corrected chi connectivity index (χ1v) is 8.78. The lowest BCUT2D eigenvalue weighted by Gasteiger charge is -2.52. The quantitative estimate of drug-likeness (QED) is 0.520. The van der Waals surface area contributed by atoms with Crippen molar-refractivity contribution >= 4 is 5.91 Å². The maximum absolute atomic E-state index is 12.5. The Hall–Kier alpha value is -1.43. The van der Waals surface area contributed by atoms with Crippen LogP contribution in [0.5, 0.6) is 0 Å². The van der Waals surface area contributed by atoms with Crippen LogP contribution >= 0.6 is 0 Å². The molecule has 5 heteroatoms. The number of allylic oxidation sites excluding steroid dienone is 2. The van der Waals surface area contributed by atoms with Crippen molar-refractivity contribution in [2.75, 3.05) is 27.4 Å². The first-order chi connectivity index (χ1) is 11.8. The summed E-state index contributed by atoms with van der Waals surface area (Å²) in [5.74, 6) is -0.757. The average molecular weight is 349 g/mol. The van der Waals surface area contributed by atoms with Gasteiger partial charge >= 0.3 is 0 Å². The van der Waals surface area contributed by atoms with Gasteiger partial charge in [-0.2, -0.15) is 0 Å². The third-order valence-corrected chi connectivity index (χ3v) is 5.64. The maximum atomic E-state index is 12.5. The van der Waals surface area contributed by atoms with Gasteiger partial charge in [0, 0.05) is 18.9 Å². The van der Waals surface area contributed by atoms with Crippen LogP contribution in [0.3, 0.4) is 0 Å². The second kappa shape index (κ2) is 7.44. The molecule has 25 heavy (non-hydrogen) atoms. The molecular formula is C20H31NO4. The lowest BCUT2D eigenvalue weighted by molar-refractivity contribution is -0.239. The molecule has 0 aromatic rings. The van der Waals surface area contributed by atoms with E-state index in [1.165, 1.54) is 12.2 Å². The molecule has 2 atom stereocenters. The lowest BCUT2D eigenvalue weighted by atomic mass is 9.59. The van der Waals surface area contributed by atoms with Gasteiger partial charge in [0.2, 0.25) is 5.91 Å². The van der Waals surface area contributed by atoms with E-state index >= 15 is 0 Å². The molecule has 0 N–H and O–H groups in total. The summed E-state index contributed by atoms with van der Waals surface area (Å²) in [5, 5.41) is 1.27. The van der Waals surface area contributed by atoms with E-state index in [0.717, 1.165) is 18.4 Å². The normalized spacial score (nSPS) is 30.8. The highest BCUT2D eigenvalue weighted by Crippen LogP contribution is 2.57. The van der Waals surface area contributed by atoms with Crippen molar-refractivity contribution in [3.05, 3.63) is 37.0 Å². The number of nitrogens with zero attached hydrogens (tertiary/aromatic N) is 1. The standard InChI is InChI=1S/C20H31NO4/c1-7-9-18(3)15-20(24-11-12-25-20)19(4,10-8-2)14-16(18)13-17(22)21(5)23-6/h7-8,14H,1-2,9-13,15H2,3-6H3/t18-,19-/m1/s1. The fourth-order valence-electron chi connectivity index (χ4n) is 4.06. The molecule has 1 aliphatic carbocycles. The van der Waals surface area contributed by atoms with Crippen LogP contribution < -0.4 is 0 Å². The van der Waals surface area contributed by atoms with Crippen LogP contribution in [-0.4, -0.2) is 44.1 Å². The van der Waals surface area contributed by atoms with Gasteiger partial charge in [0.15, 0.2) is 5.79 Å².